The summed E-state index contributed by atoms with van der Waals surface area (Å²) in [5, 5.41) is 10.8. The van der Waals surface area contributed by atoms with E-state index in [4.69, 9.17) is 0 Å². The van der Waals surface area contributed by atoms with E-state index in [9.17, 15) is 9.90 Å². The fourth-order valence-corrected chi connectivity index (χ4v) is 3.60. The third-order valence-corrected chi connectivity index (χ3v) is 5.27. The van der Waals surface area contributed by atoms with Crippen LogP contribution < -0.4 is 24.0 Å². The van der Waals surface area contributed by atoms with Crippen LogP contribution in [0.3, 0.4) is 0 Å². The van der Waals surface area contributed by atoms with Crippen molar-refractivity contribution in [2.45, 2.75) is 123 Å². The molecule has 4 heteroatoms. The molecule has 0 saturated heterocycles. The van der Waals surface area contributed by atoms with Gasteiger partial charge in [0.1, 0.15) is 0 Å². The van der Waals surface area contributed by atoms with Gasteiger partial charge in [0.15, 0.2) is 0 Å². The van der Waals surface area contributed by atoms with Gasteiger partial charge in [0.2, 0.25) is 0 Å². The molecule has 0 aliphatic heterocycles. The molecule has 150 valence electrons. The quantitative estimate of drug-likeness (QED) is 0.262. The van der Waals surface area contributed by atoms with Crippen molar-refractivity contribution in [2.24, 2.45) is 0 Å². The van der Waals surface area contributed by atoms with Crippen molar-refractivity contribution in [3.05, 3.63) is 0 Å². The molecule has 0 radical (unpaired) electrons. The Labute approximate surface area is 175 Å². The molecule has 0 aromatic carbocycles. The van der Waals surface area contributed by atoms with Crippen LogP contribution in [0.2, 0.25) is 0 Å². The fourth-order valence-electron chi connectivity index (χ4n) is 3.60. The molecule has 0 aromatic heterocycles. The Morgan fingerprint density at radius 1 is 0.769 bits per heavy atom. The first-order valence-corrected chi connectivity index (χ1v) is 11.1. The first-order valence-electron chi connectivity index (χ1n) is 11.1. The van der Waals surface area contributed by atoms with Crippen LogP contribution in [0, 0.1) is 0 Å². The third-order valence-electron chi connectivity index (χ3n) is 5.27. The maximum Gasteiger partial charge on any atom is 1.00 e. The van der Waals surface area contributed by atoms with Crippen molar-refractivity contribution in [3.8, 4) is 0 Å². The van der Waals surface area contributed by atoms with Gasteiger partial charge < -0.3 is 14.8 Å². The molecular formula is C22H44LiNO2. The number of carbonyl (C=O) groups is 1. The van der Waals surface area contributed by atoms with E-state index in [1.165, 1.54) is 77.0 Å². The number of unbranched alkanes of at least 4 members (excludes halogenated alkanes) is 10. The minimum atomic E-state index is -0.905. The molecule has 0 bridgehead atoms. The molecule has 1 unspecified atom stereocenters. The van der Waals surface area contributed by atoms with Crippen molar-refractivity contribution in [3.63, 3.8) is 0 Å². The summed E-state index contributed by atoms with van der Waals surface area (Å²) in [6.07, 6.45) is 17.8. The van der Waals surface area contributed by atoms with E-state index in [2.05, 4.69) is 25.7 Å². The van der Waals surface area contributed by atoms with E-state index in [0.29, 0.717) is 6.04 Å². The maximum absolute atomic E-state index is 10.8. The van der Waals surface area contributed by atoms with Crippen LogP contribution in [0.1, 0.15) is 117 Å². The van der Waals surface area contributed by atoms with E-state index in [-0.39, 0.29) is 25.3 Å². The number of hydrogen-bond acceptors (Lipinski definition) is 3. The normalized spacial score (nSPS) is 12.2. The number of rotatable bonds is 19. The molecule has 0 aliphatic rings. The Morgan fingerprint density at radius 2 is 1.19 bits per heavy atom. The van der Waals surface area contributed by atoms with E-state index in [1.807, 2.05) is 0 Å². The largest absolute Gasteiger partial charge is 1.00 e. The summed E-state index contributed by atoms with van der Waals surface area (Å²) in [5.41, 5.74) is 0. The van der Waals surface area contributed by atoms with Crippen molar-refractivity contribution in [1.29, 1.82) is 0 Å². The number of carboxylic acid groups (broad SMARTS) is 1. The number of hydrogen-bond donors (Lipinski definition) is 0. The monoisotopic (exact) mass is 361 g/mol. The van der Waals surface area contributed by atoms with Gasteiger partial charge in [-0.2, -0.15) is 0 Å². The maximum atomic E-state index is 10.8. The molecule has 0 rings (SSSR count). The summed E-state index contributed by atoms with van der Waals surface area (Å²) in [5.74, 6) is -0.905. The second-order valence-electron chi connectivity index (χ2n) is 7.54. The zero-order valence-electron chi connectivity index (χ0n) is 18.4. The predicted molar refractivity (Wildman–Crippen MR) is 107 cm³/mol. The molecule has 0 heterocycles. The van der Waals surface area contributed by atoms with Crippen LogP contribution in [-0.2, 0) is 4.79 Å². The van der Waals surface area contributed by atoms with E-state index >= 15 is 0 Å². The molecule has 0 fully saturated rings. The Bertz CT molecular complexity index is 284. The summed E-state index contributed by atoms with van der Waals surface area (Å²) < 4.78 is 0. The van der Waals surface area contributed by atoms with Crippen LogP contribution >= 0.6 is 0 Å². The third kappa shape index (κ3) is 17.4. The van der Waals surface area contributed by atoms with Gasteiger partial charge in [0.05, 0.1) is 0 Å². The Hall–Kier alpha value is 0.0274. The van der Waals surface area contributed by atoms with Crippen LogP contribution in [0.25, 0.3) is 0 Å². The molecule has 1 atom stereocenters. The molecule has 0 spiro atoms. The van der Waals surface area contributed by atoms with Crippen molar-refractivity contribution >= 4 is 5.97 Å². The van der Waals surface area contributed by atoms with E-state index < -0.39 is 5.97 Å². The van der Waals surface area contributed by atoms with Crippen molar-refractivity contribution < 1.29 is 28.8 Å². The SMILES string of the molecule is CCCCCCCCN(CCCCCCCC)C(CC)CCC(=O)[O-].[Li+]. The zero-order chi connectivity index (χ0) is 18.8. The topological polar surface area (TPSA) is 43.4 Å². The molecule has 0 aromatic rings. The number of nitrogens with zero attached hydrogens (tertiary/aromatic N) is 1. The average Bonchev–Trinajstić information content (AvgIpc) is 2.60. The van der Waals surface area contributed by atoms with Crippen LogP contribution in [0.5, 0.6) is 0 Å². The molecule has 26 heavy (non-hydrogen) atoms. The molecule has 0 N–H and O–H groups in total. The minimum absolute atomic E-state index is 0. The van der Waals surface area contributed by atoms with Crippen LogP contribution in [0.15, 0.2) is 0 Å². The Morgan fingerprint density at radius 3 is 1.58 bits per heavy atom. The molecule has 0 amide bonds. The molecule has 3 nitrogen and oxygen atoms in total. The first kappa shape index (κ1) is 28.2. The van der Waals surface area contributed by atoms with Crippen LogP contribution in [0.4, 0.5) is 0 Å². The van der Waals surface area contributed by atoms with Gasteiger partial charge in [0.25, 0.3) is 0 Å². The zero-order valence-corrected chi connectivity index (χ0v) is 18.4. The van der Waals surface area contributed by atoms with E-state index in [0.717, 1.165) is 25.9 Å². The summed E-state index contributed by atoms with van der Waals surface area (Å²) in [7, 11) is 0. The number of aliphatic carboxylic acids is 1. The van der Waals surface area contributed by atoms with Crippen molar-refractivity contribution in [2.75, 3.05) is 13.1 Å². The average molecular weight is 362 g/mol. The minimum Gasteiger partial charge on any atom is -0.550 e. The molecule has 0 aliphatic carbocycles. The van der Waals surface area contributed by atoms with Gasteiger partial charge in [-0.3, -0.25) is 0 Å². The standard InChI is InChI=1S/C22H45NO2.Li/c1-4-7-9-11-13-15-19-23(20-16-14-12-10-8-5-2)21(6-3)17-18-22(24)25;/h21H,4-20H2,1-3H3,(H,24,25);/q;+1/p-1. The molecular weight excluding hydrogens is 317 g/mol. The summed E-state index contributed by atoms with van der Waals surface area (Å²) in [6, 6.07) is 0.407. The Kier molecular flexibility index (Phi) is 23.2. The number of carbonyl (C=O) groups excluding carboxylic acids is 1. The number of carboxylic acids is 1. The van der Waals surface area contributed by atoms with Gasteiger partial charge in [-0.15, -0.1) is 0 Å². The second-order valence-corrected chi connectivity index (χ2v) is 7.54. The van der Waals surface area contributed by atoms with Gasteiger partial charge in [-0.1, -0.05) is 85.0 Å². The fraction of sp³-hybridized carbons (Fsp3) is 0.955. The van der Waals surface area contributed by atoms with E-state index in [1.54, 1.807) is 0 Å². The predicted octanol–water partition coefficient (Wildman–Crippen LogP) is 2.32. The second kappa shape index (κ2) is 21.3. The summed E-state index contributed by atoms with van der Waals surface area (Å²) in [4.78, 5) is 13.4. The molecule has 0 saturated carbocycles. The van der Waals surface area contributed by atoms with Gasteiger partial charge in [-0.25, -0.2) is 0 Å². The van der Waals surface area contributed by atoms with Gasteiger partial charge in [-0.05, 0) is 45.2 Å². The summed E-state index contributed by atoms with van der Waals surface area (Å²) >= 11 is 0. The van der Waals surface area contributed by atoms with Gasteiger partial charge in [0, 0.05) is 12.0 Å². The van der Waals surface area contributed by atoms with Crippen LogP contribution in [-0.4, -0.2) is 30.0 Å². The van der Waals surface area contributed by atoms with Gasteiger partial charge >= 0.3 is 18.9 Å². The first-order chi connectivity index (χ1) is 12.2. The Balaban J connectivity index is 0. The van der Waals surface area contributed by atoms with Crippen molar-refractivity contribution in [1.82, 2.24) is 4.90 Å². The smallest absolute Gasteiger partial charge is 0.550 e. The summed E-state index contributed by atoms with van der Waals surface area (Å²) in [6.45, 7) is 8.96.